The van der Waals surface area contributed by atoms with E-state index < -0.39 is 10.8 Å². The monoisotopic (exact) mass is 451 g/mol. The van der Waals surface area contributed by atoms with E-state index in [4.69, 9.17) is 23.2 Å². The van der Waals surface area contributed by atoms with Crippen molar-refractivity contribution >= 4 is 46.1 Å². The second-order valence-electron chi connectivity index (χ2n) is 6.23. The third-order valence-electron chi connectivity index (χ3n) is 4.25. The van der Waals surface area contributed by atoms with E-state index in [1.54, 1.807) is 37.3 Å². The summed E-state index contributed by atoms with van der Waals surface area (Å²) in [6, 6.07) is 11.1. The number of nitro benzene ring substituents is 1. The average Bonchev–Trinajstić information content (AvgIpc) is 2.97. The Morgan fingerprint density at radius 1 is 1.17 bits per heavy atom. The molecule has 0 atom stereocenters. The van der Waals surface area contributed by atoms with E-state index in [-0.39, 0.29) is 23.6 Å². The predicted molar refractivity (Wildman–Crippen MR) is 113 cm³/mol. The fraction of sp³-hybridized carbons (Fsp3) is 0.158. The Hall–Kier alpha value is -2.68. The summed E-state index contributed by atoms with van der Waals surface area (Å²) in [6.45, 7) is 2.06. The quantitative estimate of drug-likeness (QED) is 0.443. The average molecular weight is 452 g/mol. The van der Waals surface area contributed by atoms with Crippen molar-refractivity contribution in [2.75, 3.05) is 0 Å². The van der Waals surface area contributed by atoms with Gasteiger partial charge in [0.05, 0.1) is 21.5 Å². The summed E-state index contributed by atoms with van der Waals surface area (Å²) in [7, 11) is 0. The zero-order valence-corrected chi connectivity index (χ0v) is 17.5. The van der Waals surface area contributed by atoms with E-state index in [1.807, 2.05) is 0 Å². The van der Waals surface area contributed by atoms with Crippen LogP contribution in [0.2, 0.25) is 10.0 Å². The van der Waals surface area contributed by atoms with Crippen LogP contribution in [-0.2, 0) is 13.1 Å². The first-order valence-electron chi connectivity index (χ1n) is 8.42. The van der Waals surface area contributed by atoms with Crippen molar-refractivity contribution in [3.8, 4) is 0 Å². The molecule has 0 spiro atoms. The number of nitrogens with zero attached hydrogens (tertiary/aromatic N) is 2. The molecular weight excluding hydrogens is 437 g/mol. The van der Waals surface area contributed by atoms with E-state index in [2.05, 4.69) is 5.32 Å². The van der Waals surface area contributed by atoms with Gasteiger partial charge < -0.3 is 5.32 Å². The molecule has 0 saturated heterocycles. The number of hydrogen-bond donors (Lipinski definition) is 1. The van der Waals surface area contributed by atoms with Crippen LogP contribution in [0.5, 0.6) is 0 Å². The number of thiazole rings is 1. The third-order valence-corrected chi connectivity index (χ3v) is 6.07. The highest BCUT2D eigenvalue weighted by Gasteiger charge is 2.18. The first-order chi connectivity index (χ1) is 13.8. The van der Waals surface area contributed by atoms with Gasteiger partial charge in [-0.1, -0.05) is 52.7 Å². The number of carbonyl (C=O) groups is 1. The molecule has 29 heavy (non-hydrogen) atoms. The highest BCUT2D eigenvalue weighted by atomic mass is 35.5. The lowest BCUT2D eigenvalue weighted by Gasteiger charge is -2.08. The smallest absolute Gasteiger partial charge is 0.308 e. The van der Waals surface area contributed by atoms with Crippen LogP contribution in [0.3, 0.4) is 0 Å². The normalized spacial score (nSPS) is 10.7. The molecule has 7 nitrogen and oxygen atoms in total. The molecule has 0 aliphatic rings. The third kappa shape index (κ3) is 4.84. The van der Waals surface area contributed by atoms with E-state index >= 15 is 0 Å². The first-order valence-corrected chi connectivity index (χ1v) is 9.99. The fourth-order valence-corrected chi connectivity index (χ4v) is 3.96. The van der Waals surface area contributed by atoms with E-state index in [0.29, 0.717) is 26.2 Å². The maximum absolute atomic E-state index is 12.5. The molecule has 0 radical (unpaired) electrons. The SMILES string of the molecule is Cc1c(C(=O)NCc2cccc([N+](=O)[O-])c2)sc(=O)n1Cc1ccc(Cl)c(Cl)c1. The summed E-state index contributed by atoms with van der Waals surface area (Å²) in [4.78, 5) is 35.3. The van der Waals surface area contributed by atoms with Crippen molar-refractivity contribution in [1.29, 1.82) is 0 Å². The Morgan fingerprint density at radius 2 is 1.93 bits per heavy atom. The van der Waals surface area contributed by atoms with Crippen molar-refractivity contribution in [1.82, 2.24) is 9.88 Å². The minimum atomic E-state index is -0.496. The molecule has 0 aliphatic heterocycles. The molecule has 2 aromatic carbocycles. The summed E-state index contributed by atoms with van der Waals surface area (Å²) in [5, 5.41) is 14.4. The largest absolute Gasteiger partial charge is 0.347 e. The van der Waals surface area contributed by atoms with Crippen LogP contribution >= 0.6 is 34.5 Å². The van der Waals surface area contributed by atoms with Crippen LogP contribution < -0.4 is 10.2 Å². The molecular formula is C19H15Cl2N3O4S. The highest BCUT2D eigenvalue weighted by Crippen LogP contribution is 2.23. The number of nitro groups is 1. The van der Waals surface area contributed by atoms with E-state index in [9.17, 15) is 19.7 Å². The van der Waals surface area contributed by atoms with Gasteiger partial charge in [-0.05, 0) is 30.2 Å². The van der Waals surface area contributed by atoms with Crippen LogP contribution in [0.4, 0.5) is 5.69 Å². The molecule has 3 rings (SSSR count). The maximum atomic E-state index is 12.5. The number of non-ortho nitro benzene ring substituents is 1. The Bertz CT molecular complexity index is 1160. The van der Waals surface area contributed by atoms with Crippen LogP contribution in [0.1, 0.15) is 26.5 Å². The summed E-state index contributed by atoms with van der Waals surface area (Å²) in [5.74, 6) is -0.413. The Kier molecular flexibility index (Phi) is 6.36. The van der Waals surface area contributed by atoms with Crippen molar-refractivity contribution in [2.45, 2.75) is 20.0 Å². The topological polar surface area (TPSA) is 94.2 Å². The van der Waals surface area contributed by atoms with Gasteiger partial charge in [-0.2, -0.15) is 0 Å². The lowest BCUT2D eigenvalue weighted by molar-refractivity contribution is -0.384. The van der Waals surface area contributed by atoms with E-state index in [0.717, 1.165) is 16.9 Å². The Balaban J connectivity index is 1.75. The molecule has 3 aromatic rings. The Labute approximate surface area is 179 Å². The second-order valence-corrected chi connectivity index (χ2v) is 8.00. The van der Waals surface area contributed by atoms with Crippen LogP contribution in [0.25, 0.3) is 0 Å². The summed E-state index contributed by atoms with van der Waals surface area (Å²) >= 11 is 12.8. The van der Waals surface area contributed by atoms with E-state index in [1.165, 1.54) is 16.7 Å². The predicted octanol–water partition coefficient (Wildman–Crippen LogP) is 4.41. The Morgan fingerprint density at radius 3 is 2.62 bits per heavy atom. The van der Waals surface area contributed by atoms with Gasteiger partial charge in [-0.3, -0.25) is 24.3 Å². The fourth-order valence-electron chi connectivity index (χ4n) is 2.73. The molecule has 1 amide bonds. The zero-order valence-electron chi connectivity index (χ0n) is 15.1. The van der Waals surface area contributed by atoms with Crippen LogP contribution in [-0.4, -0.2) is 15.4 Å². The minimum Gasteiger partial charge on any atom is -0.347 e. The van der Waals surface area contributed by atoms with Gasteiger partial charge in [0.15, 0.2) is 0 Å². The number of amides is 1. The van der Waals surface area contributed by atoms with Crippen LogP contribution in [0.15, 0.2) is 47.3 Å². The van der Waals surface area contributed by atoms with Gasteiger partial charge in [0, 0.05) is 24.4 Å². The number of halogens is 2. The summed E-state index contributed by atoms with van der Waals surface area (Å²) in [5.41, 5.74) is 1.85. The van der Waals surface area contributed by atoms with Gasteiger partial charge in [-0.25, -0.2) is 0 Å². The maximum Gasteiger partial charge on any atom is 0.308 e. The number of hydrogen-bond acceptors (Lipinski definition) is 5. The first kappa shape index (κ1) is 21.0. The minimum absolute atomic E-state index is 0.0506. The summed E-state index contributed by atoms with van der Waals surface area (Å²) < 4.78 is 1.49. The van der Waals surface area contributed by atoms with Crippen molar-refractivity contribution < 1.29 is 9.72 Å². The second kappa shape index (κ2) is 8.77. The molecule has 0 bridgehead atoms. The zero-order chi connectivity index (χ0) is 21.1. The molecule has 1 heterocycles. The molecule has 150 valence electrons. The number of benzene rings is 2. The van der Waals surface area contributed by atoms with Crippen LogP contribution in [0, 0.1) is 17.0 Å². The molecule has 0 fully saturated rings. The standard InChI is InChI=1S/C19H15Cl2N3O4S/c1-11-17(18(25)22-9-12-3-2-4-14(7-12)24(27)28)29-19(26)23(11)10-13-5-6-15(20)16(21)8-13/h2-8H,9-10H2,1H3,(H,22,25). The highest BCUT2D eigenvalue weighted by molar-refractivity contribution is 7.11. The van der Waals surface area contributed by atoms with Crippen molar-refractivity contribution in [3.63, 3.8) is 0 Å². The molecule has 0 saturated carbocycles. The molecule has 0 aliphatic carbocycles. The molecule has 0 unspecified atom stereocenters. The lowest BCUT2D eigenvalue weighted by atomic mass is 10.2. The number of carbonyl (C=O) groups excluding carboxylic acids is 1. The van der Waals surface area contributed by atoms with Gasteiger partial charge in [0.1, 0.15) is 4.88 Å². The lowest BCUT2D eigenvalue weighted by Crippen LogP contribution is -2.23. The van der Waals surface area contributed by atoms with Gasteiger partial charge in [-0.15, -0.1) is 0 Å². The summed E-state index contributed by atoms with van der Waals surface area (Å²) in [6.07, 6.45) is 0. The number of nitrogens with one attached hydrogen (secondary N) is 1. The molecule has 1 aromatic heterocycles. The van der Waals surface area contributed by atoms with Crippen molar-refractivity contribution in [2.24, 2.45) is 0 Å². The van der Waals surface area contributed by atoms with Crippen molar-refractivity contribution in [3.05, 3.63) is 94.0 Å². The van der Waals surface area contributed by atoms with Gasteiger partial charge in [0.2, 0.25) is 0 Å². The van der Waals surface area contributed by atoms with Gasteiger partial charge in [0.25, 0.3) is 11.6 Å². The molecule has 10 heteroatoms. The van der Waals surface area contributed by atoms with Gasteiger partial charge >= 0.3 is 4.87 Å². The number of aromatic nitrogens is 1. The molecule has 1 N–H and O–H groups in total. The number of rotatable bonds is 6.